The molecule has 0 fully saturated rings. The van der Waals surface area contributed by atoms with Gasteiger partial charge in [-0.2, -0.15) is 4.98 Å². The van der Waals surface area contributed by atoms with Gasteiger partial charge in [-0.05, 0) is 12.1 Å². The van der Waals surface area contributed by atoms with Crippen LogP contribution in [0.3, 0.4) is 0 Å². The van der Waals surface area contributed by atoms with Crippen molar-refractivity contribution in [3.05, 3.63) is 24.3 Å². The molecular weight excluding hydrogens is 156 g/mol. The monoisotopic (exact) mass is 160 g/mol. The minimum Gasteiger partial charge on any atom is -0.421 e. The topological polar surface area (TPSA) is 55.5 Å². The molecule has 0 radical (unpaired) electrons. The van der Waals surface area contributed by atoms with Gasteiger partial charge >= 0.3 is 6.01 Å². The van der Waals surface area contributed by atoms with E-state index in [9.17, 15) is 4.79 Å². The second-order valence-electron chi connectivity index (χ2n) is 2.17. The van der Waals surface area contributed by atoms with E-state index in [1.165, 1.54) is 6.08 Å². The molecule has 0 bridgehead atoms. The van der Waals surface area contributed by atoms with Gasteiger partial charge in [0.05, 0.1) is 0 Å². The minimum absolute atomic E-state index is 0.0474. The first-order chi connectivity index (χ1) is 5.90. The Kier molecular flexibility index (Phi) is 1.47. The molecule has 0 spiro atoms. The number of fused-ring (bicyclic) bond motifs is 1. The number of carbonyl (C=O) groups excluding carboxylic acids is 1. The number of rotatable bonds is 1. The van der Waals surface area contributed by atoms with E-state index in [1.54, 1.807) is 12.1 Å². The summed E-state index contributed by atoms with van der Waals surface area (Å²) in [6, 6.07) is 7.24. The van der Waals surface area contributed by atoms with E-state index in [0.717, 1.165) is 0 Å². The van der Waals surface area contributed by atoms with Crippen LogP contribution in [0.25, 0.3) is 11.1 Å². The fourth-order valence-electron chi connectivity index (χ4n) is 0.947. The number of nitrogens with zero attached hydrogens (tertiary/aromatic N) is 2. The van der Waals surface area contributed by atoms with Crippen molar-refractivity contribution >= 4 is 23.2 Å². The molecule has 1 aromatic heterocycles. The summed E-state index contributed by atoms with van der Waals surface area (Å²) in [6.07, 6.45) is 1.36. The van der Waals surface area contributed by atoms with Crippen molar-refractivity contribution in [1.82, 2.24) is 4.98 Å². The Morgan fingerprint density at radius 2 is 2.25 bits per heavy atom. The molecule has 1 aromatic carbocycles. The lowest BCUT2D eigenvalue weighted by atomic mass is 10.3. The van der Waals surface area contributed by atoms with Crippen molar-refractivity contribution in [1.29, 1.82) is 0 Å². The first-order valence-corrected chi connectivity index (χ1v) is 3.33. The average Bonchev–Trinajstić information content (AvgIpc) is 2.47. The Hall–Kier alpha value is -1.93. The zero-order valence-electron chi connectivity index (χ0n) is 6.02. The Labute approximate surface area is 67.5 Å². The van der Waals surface area contributed by atoms with Crippen molar-refractivity contribution < 1.29 is 9.21 Å². The lowest BCUT2D eigenvalue weighted by molar-refractivity contribution is 0.560. The Morgan fingerprint density at radius 3 is 3.00 bits per heavy atom. The lowest BCUT2D eigenvalue weighted by Crippen LogP contribution is -1.63. The normalized spacial score (nSPS) is 9.67. The molecular formula is C8H4N2O2. The van der Waals surface area contributed by atoms with Crippen LogP contribution < -0.4 is 0 Å². The third kappa shape index (κ3) is 1.00. The highest BCUT2D eigenvalue weighted by molar-refractivity contribution is 5.73. The van der Waals surface area contributed by atoms with Gasteiger partial charge < -0.3 is 4.42 Å². The summed E-state index contributed by atoms with van der Waals surface area (Å²) in [5, 5.41) is 0. The van der Waals surface area contributed by atoms with E-state index in [2.05, 4.69) is 9.98 Å². The number of para-hydroxylation sites is 2. The number of aliphatic imine (C=N–C) groups is 1. The van der Waals surface area contributed by atoms with Gasteiger partial charge in [-0.3, -0.25) is 0 Å². The molecule has 0 amide bonds. The SMILES string of the molecule is O=C=Nc1nc2ccccc2o1. The number of benzene rings is 1. The number of oxazole rings is 1. The van der Waals surface area contributed by atoms with Gasteiger partial charge in [0, 0.05) is 0 Å². The summed E-state index contributed by atoms with van der Waals surface area (Å²) >= 11 is 0. The average molecular weight is 160 g/mol. The Morgan fingerprint density at radius 1 is 1.42 bits per heavy atom. The van der Waals surface area contributed by atoms with E-state index >= 15 is 0 Å². The van der Waals surface area contributed by atoms with Crippen molar-refractivity contribution in [2.45, 2.75) is 0 Å². The second-order valence-corrected chi connectivity index (χ2v) is 2.17. The van der Waals surface area contributed by atoms with Crippen LogP contribution in [0.4, 0.5) is 6.01 Å². The van der Waals surface area contributed by atoms with Gasteiger partial charge in [0.25, 0.3) is 0 Å². The molecule has 2 rings (SSSR count). The van der Waals surface area contributed by atoms with E-state index < -0.39 is 0 Å². The van der Waals surface area contributed by atoms with Crippen LogP contribution in [0.1, 0.15) is 0 Å². The first-order valence-electron chi connectivity index (χ1n) is 3.33. The highest BCUT2D eigenvalue weighted by atomic mass is 16.4. The summed E-state index contributed by atoms with van der Waals surface area (Å²) in [5.74, 6) is 0. The zero-order chi connectivity index (χ0) is 8.39. The van der Waals surface area contributed by atoms with Crippen molar-refractivity contribution in [2.75, 3.05) is 0 Å². The fourth-order valence-corrected chi connectivity index (χ4v) is 0.947. The molecule has 0 aliphatic carbocycles. The van der Waals surface area contributed by atoms with Gasteiger partial charge in [-0.15, -0.1) is 4.99 Å². The lowest BCUT2D eigenvalue weighted by Gasteiger charge is -1.79. The number of hydrogen-bond donors (Lipinski definition) is 0. The van der Waals surface area contributed by atoms with Crippen LogP contribution in [0.15, 0.2) is 33.7 Å². The smallest absolute Gasteiger partial charge is 0.333 e. The molecule has 4 nitrogen and oxygen atoms in total. The predicted molar refractivity (Wildman–Crippen MR) is 41.8 cm³/mol. The maximum absolute atomic E-state index is 9.86. The van der Waals surface area contributed by atoms with Crippen molar-refractivity contribution in [3.63, 3.8) is 0 Å². The molecule has 0 aliphatic rings. The summed E-state index contributed by atoms with van der Waals surface area (Å²) in [7, 11) is 0. The van der Waals surface area contributed by atoms with Crippen LogP contribution in [0.2, 0.25) is 0 Å². The first kappa shape index (κ1) is 6.76. The van der Waals surface area contributed by atoms with E-state index in [0.29, 0.717) is 11.1 Å². The largest absolute Gasteiger partial charge is 0.421 e. The quantitative estimate of drug-likeness (QED) is 0.472. The molecule has 1 heterocycles. The number of aromatic nitrogens is 1. The molecule has 0 aliphatic heterocycles. The summed E-state index contributed by atoms with van der Waals surface area (Å²) < 4.78 is 5.07. The summed E-state index contributed by atoms with van der Waals surface area (Å²) in [6.45, 7) is 0. The number of isocyanates is 1. The highest BCUT2D eigenvalue weighted by Gasteiger charge is 2.01. The van der Waals surface area contributed by atoms with E-state index in [4.69, 9.17) is 4.42 Å². The molecule has 12 heavy (non-hydrogen) atoms. The highest BCUT2D eigenvalue weighted by Crippen LogP contribution is 2.19. The number of hydrogen-bond acceptors (Lipinski definition) is 4. The third-order valence-corrected chi connectivity index (χ3v) is 1.42. The van der Waals surface area contributed by atoms with Gasteiger partial charge in [0.1, 0.15) is 5.52 Å². The van der Waals surface area contributed by atoms with Crippen LogP contribution >= 0.6 is 0 Å². The van der Waals surface area contributed by atoms with Crippen LogP contribution in [0.5, 0.6) is 0 Å². The molecule has 0 atom stereocenters. The van der Waals surface area contributed by atoms with Crippen LogP contribution in [-0.4, -0.2) is 11.1 Å². The standard InChI is InChI=1S/C8H4N2O2/c11-5-9-8-10-6-3-1-2-4-7(6)12-8/h1-4H. The second kappa shape index (κ2) is 2.60. The molecule has 2 aromatic rings. The van der Waals surface area contributed by atoms with Gasteiger partial charge in [0.15, 0.2) is 5.58 Å². The zero-order valence-corrected chi connectivity index (χ0v) is 6.02. The fraction of sp³-hybridized carbons (Fsp3) is 0. The van der Waals surface area contributed by atoms with Gasteiger partial charge in [-0.25, -0.2) is 4.79 Å². The third-order valence-electron chi connectivity index (χ3n) is 1.42. The summed E-state index contributed by atoms with van der Waals surface area (Å²) in [5.41, 5.74) is 1.30. The molecule has 0 saturated heterocycles. The van der Waals surface area contributed by atoms with Crippen LogP contribution in [0, 0.1) is 0 Å². The molecule has 0 N–H and O–H groups in total. The maximum atomic E-state index is 9.86. The predicted octanol–water partition coefficient (Wildman–Crippen LogP) is 1.80. The maximum Gasteiger partial charge on any atom is 0.333 e. The van der Waals surface area contributed by atoms with Crippen molar-refractivity contribution in [2.24, 2.45) is 4.99 Å². The molecule has 0 unspecified atom stereocenters. The Balaban J connectivity index is 2.69. The molecule has 0 saturated carbocycles. The molecule has 58 valence electrons. The van der Waals surface area contributed by atoms with E-state index in [-0.39, 0.29) is 6.01 Å². The minimum atomic E-state index is 0.0474. The Bertz CT molecular complexity index is 422. The van der Waals surface area contributed by atoms with Crippen LogP contribution in [-0.2, 0) is 4.79 Å². The van der Waals surface area contributed by atoms with E-state index in [1.807, 2.05) is 12.1 Å². The van der Waals surface area contributed by atoms with Gasteiger partial charge in [0.2, 0.25) is 6.08 Å². The summed E-state index contributed by atoms with van der Waals surface area (Å²) in [4.78, 5) is 17.0. The van der Waals surface area contributed by atoms with Gasteiger partial charge in [-0.1, -0.05) is 12.1 Å². The molecule has 4 heteroatoms. The van der Waals surface area contributed by atoms with Crippen molar-refractivity contribution in [3.8, 4) is 0 Å².